The van der Waals surface area contributed by atoms with Gasteiger partial charge in [-0.25, -0.2) is 0 Å². The Kier molecular flexibility index (Phi) is 6.07. The molecule has 152 valence electrons. The number of hydrogen-bond donors (Lipinski definition) is 0. The van der Waals surface area contributed by atoms with Gasteiger partial charge >= 0.3 is 6.18 Å². The molecule has 0 aliphatic rings. The first-order chi connectivity index (χ1) is 13.7. The predicted molar refractivity (Wildman–Crippen MR) is 108 cm³/mol. The van der Waals surface area contributed by atoms with Crippen LogP contribution in [-0.2, 0) is 6.18 Å². The Morgan fingerprint density at radius 3 is 2.38 bits per heavy atom. The lowest BCUT2D eigenvalue weighted by Gasteiger charge is -2.11. The minimum Gasteiger partial charge on any atom is -0.497 e. The van der Waals surface area contributed by atoms with Gasteiger partial charge in [0.05, 0.1) is 18.4 Å². The highest BCUT2D eigenvalue weighted by molar-refractivity contribution is 8.00. The number of ether oxygens (including phenoxy) is 1. The molecule has 0 saturated heterocycles. The van der Waals surface area contributed by atoms with Crippen molar-refractivity contribution in [3.63, 3.8) is 0 Å². The number of carbonyl (C=O) groups is 1. The van der Waals surface area contributed by atoms with E-state index in [-0.39, 0.29) is 11.5 Å². The van der Waals surface area contributed by atoms with Crippen LogP contribution in [-0.4, -0.2) is 23.2 Å². The Hall–Kier alpha value is -2.67. The fraction of sp³-hybridized carbons (Fsp3) is 0.227. The number of aromatic nitrogens is 1. The highest BCUT2D eigenvalue weighted by Crippen LogP contribution is 2.32. The van der Waals surface area contributed by atoms with E-state index in [4.69, 9.17) is 4.74 Å². The van der Waals surface area contributed by atoms with Gasteiger partial charge in [-0.15, -0.1) is 11.8 Å². The molecular formula is C22H20F3NO2S. The molecule has 0 unspecified atom stereocenters. The summed E-state index contributed by atoms with van der Waals surface area (Å²) in [5, 5.41) is 0. The van der Waals surface area contributed by atoms with Gasteiger partial charge in [-0.1, -0.05) is 6.07 Å². The summed E-state index contributed by atoms with van der Waals surface area (Å²) in [6.07, 6.45) is -4.40. The fourth-order valence-corrected chi connectivity index (χ4v) is 4.00. The number of hydrogen-bond acceptors (Lipinski definition) is 3. The first-order valence-corrected chi connectivity index (χ1v) is 9.86. The SMILES string of the molecule is COc1ccc(-n2c(C)cc(C(=O)CSc3cccc(C(F)(F)F)c3)c2C)cc1. The quantitative estimate of drug-likeness (QED) is 0.358. The third kappa shape index (κ3) is 4.67. The van der Waals surface area contributed by atoms with Gasteiger partial charge in [-0.2, -0.15) is 13.2 Å². The minimum atomic E-state index is -4.40. The number of aryl methyl sites for hydroxylation is 1. The van der Waals surface area contributed by atoms with E-state index in [1.54, 1.807) is 13.2 Å². The van der Waals surface area contributed by atoms with Crippen LogP contribution in [0.5, 0.6) is 5.75 Å². The van der Waals surface area contributed by atoms with Gasteiger partial charge < -0.3 is 9.30 Å². The van der Waals surface area contributed by atoms with E-state index in [1.165, 1.54) is 6.07 Å². The summed E-state index contributed by atoms with van der Waals surface area (Å²) in [5.74, 6) is 0.680. The lowest BCUT2D eigenvalue weighted by Crippen LogP contribution is -2.06. The average molecular weight is 419 g/mol. The second-order valence-electron chi connectivity index (χ2n) is 6.56. The van der Waals surface area contributed by atoms with Gasteiger partial charge in [0.2, 0.25) is 0 Å². The monoisotopic (exact) mass is 419 g/mol. The van der Waals surface area contributed by atoms with E-state index < -0.39 is 11.7 Å². The molecule has 0 fully saturated rings. The minimum absolute atomic E-state index is 0.0637. The second kappa shape index (κ2) is 8.37. The molecule has 7 heteroatoms. The van der Waals surface area contributed by atoms with Gasteiger partial charge in [0, 0.05) is 27.5 Å². The number of methoxy groups -OCH3 is 1. The van der Waals surface area contributed by atoms with Gasteiger partial charge in [-0.3, -0.25) is 4.79 Å². The molecule has 0 aliphatic carbocycles. The number of Topliss-reactive ketones (excluding diaryl/α,β-unsaturated/α-hetero) is 1. The number of rotatable bonds is 6. The van der Waals surface area contributed by atoms with Gasteiger partial charge in [0.1, 0.15) is 5.75 Å². The van der Waals surface area contributed by atoms with E-state index in [0.717, 1.165) is 46.7 Å². The third-order valence-corrected chi connectivity index (χ3v) is 5.59. The number of ketones is 1. The highest BCUT2D eigenvalue weighted by atomic mass is 32.2. The standard InChI is InChI=1S/C22H20F3NO2S/c1-14-11-20(15(2)26(14)17-7-9-18(28-3)10-8-17)21(27)13-29-19-6-4-5-16(12-19)22(23,24)25/h4-12H,13H2,1-3H3. The molecule has 29 heavy (non-hydrogen) atoms. The van der Waals surface area contributed by atoms with Crippen LogP contribution < -0.4 is 4.74 Å². The third-order valence-electron chi connectivity index (χ3n) is 4.59. The van der Waals surface area contributed by atoms with Crippen LogP contribution in [0, 0.1) is 13.8 Å². The smallest absolute Gasteiger partial charge is 0.416 e. The number of nitrogens with zero attached hydrogens (tertiary/aromatic N) is 1. The lowest BCUT2D eigenvalue weighted by atomic mass is 10.2. The molecule has 2 aromatic carbocycles. The molecule has 0 spiro atoms. The number of halogens is 3. The van der Waals surface area contributed by atoms with E-state index in [1.807, 2.05) is 48.7 Å². The van der Waals surface area contributed by atoms with Crippen LogP contribution in [0.3, 0.4) is 0 Å². The van der Waals surface area contributed by atoms with E-state index in [9.17, 15) is 18.0 Å². The first kappa shape index (κ1) is 21.0. The van der Waals surface area contributed by atoms with Crippen LogP contribution in [0.25, 0.3) is 5.69 Å². The van der Waals surface area contributed by atoms with Crippen LogP contribution in [0.4, 0.5) is 13.2 Å². The maximum atomic E-state index is 12.9. The van der Waals surface area contributed by atoms with Crippen LogP contribution in [0.15, 0.2) is 59.5 Å². The molecule has 0 radical (unpaired) electrons. The van der Waals surface area contributed by atoms with Crippen LogP contribution in [0.1, 0.15) is 27.3 Å². The largest absolute Gasteiger partial charge is 0.497 e. The summed E-state index contributed by atoms with van der Waals surface area (Å²) in [7, 11) is 1.60. The van der Waals surface area contributed by atoms with Crippen molar-refractivity contribution < 1.29 is 22.7 Å². The second-order valence-corrected chi connectivity index (χ2v) is 7.60. The van der Waals surface area contributed by atoms with Gasteiger partial charge in [-0.05, 0) is 62.4 Å². The summed E-state index contributed by atoms with van der Waals surface area (Å²) >= 11 is 1.10. The zero-order valence-corrected chi connectivity index (χ0v) is 17.0. The van der Waals surface area contributed by atoms with Crippen LogP contribution >= 0.6 is 11.8 Å². The topological polar surface area (TPSA) is 31.2 Å². The Labute approximate surface area is 171 Å². The molecule has 0 bridgehead atoms. The first-order valence-electron chi connectivity index (χ1n) is 8.87. The van der Waals surface area contributed by atoms with Crippen molar-refractivity contribution in [2.45, 2.75) is 24.9 Å². The fourth-order valence-electron chi connectivity index (χ4n) is 3.16. The van der Waals surface area contributed by atoms with E-state index >= 15 is 0 Å². The summed E-state index contributed by atoms with van der Waals surface area (Å²) in [6, 6.07) is 14.3. The average Bonchev–Trinajstić information content (AvgIpc) is 3.00. The van der Waals surface area contributed by atoms with Crippen molar-refractivity contribution in [2.24, 2.45) is 0 Å². The van der Waals surface area contributed by atoms with Crippen molar-refractivity contribution in [1.82, 2.24) is 4.57 Å². The Morgan fingerprint density at radius 1 is 1.07 bits per heavy atom. The normalized spacial score (nSPS) is 11.5. The number of benzene rings is 2. The zero-order chi connectivity index (χ0) is 21.2. The molecular weight excluding hydrogens is 399 g/mol. The van der Waals surface area contributed by atoms with Crippen molar-refractivity contribution in [3.05, 3.63) is 77.1 Å². The van der Waals surface area contributed by atoms with Gasteiger partial charge in [0.25, 0.3) is 0 Å². The lowest BCUT2D eigenvalue weighted by molar-refractivity contribution is -0.137. The van der Waals surface area contributed by atoms with E-state index in [2.05, 4.69) is 0 Å². The molecule has 1 heterocycles. The number of carbonyl (C=O) groups excluding carboxylic acids is 1. The number of alkyl halides is 3. The molecule has 3 nitrogen and oxygen atoms in total. The van der Waals surface area contributed by atoms with Gasteiger partial charge in [0.15, 0.2) is 5.78 Å². The molecule has 0 atom stereocenters. The Balaban J connectivity index is 1.78. The number of thioether (sulfide) groups is 1. The molecule has 3 aromatic rings. The predicted octanol–water partition coefficient (Wildman–Crippen LogP) is 6.10. The molecule has 1 aromatic heterocycles. The zero-order valence-electron chi connectivity index (χ0n) is 16.2. The Bertz CT molecular complexity index is 1020. The Morgan fingerprint density at radius 2 is 1.76 bits per heavy atom. The molecule has 0 saturated carbocycles. The highest BCUT2D eigenvalue weighted by Gasteiger charge is 2.30. The summed E-state index contributed by atoms with van der Waals surface area (Å²) in [5.41, 5.74) is 2.46. The van der Waals surface area contributed by atoms with E-state index in [0.29, 0.717) is 10.5 Å². The van der Waals surface area contributed by atoms with Crippen molar-refractivity contribution in [2.75, 3.05) is 12.9 Å². The molecule has 3 rings (SSSR count). The molecule has 0 N–H and O–H groups in total. The maximum Gasteiger partial charge on any atom is 0.416 e. The summed E-state index contributed by atoms with van der Waals surface area (Å²) in [6.45, 7) is 3.77. The van der Waals surface area contributed by atoms with Crippen molar-refractivity contribution in [1.29, 1.82) is 0 Å². The van der Waals surface area contributed by atoms with Crippen molar-refractivity contribution >= 4 is 17.5 Å². The van der Waals surface area contributed by atoms with Crippen molar-refractivity contribution in [3.8, 4) is 11.4 Å². The summed E-state index contributed by atoms with van der Waals surface area (Å²) in [4.78, 5) is 13.2. The molecule has 0 amide bonds. The maximum absolute atomic E-state index is 12.9. The van der Waals surface area contributed by atoms with Crippen LogP contribution in [0.2, 0.25) is 0 Å². The summed E-state index contributed by atoms with van der Waals surface area (Å²) < 4.78 is 45.7. The molecule has 0 aliphatic heterocycles.